The molecule has 6 N–H and O–H groups in total. The van der Waals surface area contributed by atoms with E-state index in [1.54, 1.807) is 0 Å². The quantitative estimate of drug-likeness (QED) is 0.348. The van der Waals surface area contributed by atoms with Crippen molar-refractivity contribution in [2.45, 2.75) is 14.9 Å². The summed E-state index contributed by atoms with van der Waals surface area (Å²) in [4.78, 5) is 0. The number of nitrogens with two attached hydrogens (primary N) is 2. The molecule has 11 heavy (non-hydrogen) atoms. The average molecular weight is 226 g/mol. The van der Waals surface area contributed by atoms with Crippen molar-refractivity contribution in [3.63, 3.8) is 0 Å². The van der Waals surface area contributed by atoms with Gasteiger partial charge in [0.2, 0.25) is 0 Å². The molecular formula is C4H15KN2O2S2. The zero-order valence-corrected chi connectivity index (χ0v) is 5.50. The van der Waals surface area contributed by atoms with E-state index in [0.717, 1.165) is 0 Å². The molecular weight excluding hydrogens is 211 g/mol. The van der Waals surface area contributed by atoms with E-state index in [4.69, 9.17) is 10.2 Å². The van der Waals surface area contributed by atoms with Crippen LogP contribution in [0.3, 0.4) is 0 Å². The molecule has 7 heteroatoms. The van der Waals surface area contributed by atoms with Gasteiger partial charge in [0.25, 0.3) is 10.3 Å². The third kappa shape index (κ3) is 867. The Kier molecular flexibility index (Phi) is 60.5. The molecule has 0 saturated heterocycles. The summed E-state index contributed by atoms with van der Waals surface area (Å²) in [5.41, 5.74) is 8.80. The fourth-order valence-corrected chi connectivity index (χ4v) is 0. The fraction of sp³-hybridized carbons (Fsp3) is 0.500. The van der Waals surface area contributed by atoms with Gasteiger partial charge in [-0.25, -0.2) is 0 Å². The van der Waals surface area contributed by atoms with Gasteiger partial charge in [0, 0.05) is 0 Å². The Labute approximate surface area is 121 Å². The van der Waals surface area contributed by atoms with Crippen LogP contribution in [0.1, 0.15) is 14.9 Å². The first-order valence-corrected chi connectivity index (χ1v) is 2.25. The topological polar surface area (TPSA) is 92.5 Å². The fourth-order valence-electron chi connectivity index (χ4n) is 0. The predicted octanol–water partition coefficient (Wildman–Crippen LogP) is 0.200. The Hall–Kier alpha value is 1.02. The van der Waals surface area contributed by atoms with Crippen LogP contribution in [0.15, 0.2) is 0 Å². The molecule has 0 aliphatic carbocycles. The van der Waals surface area contributed by atoms with Gasteiger partial charge < -0.3 is 21.7 Å². The van der Waals surface area contributed by atoms with Crippen molar-refractivity contribution >= 4 is 86.2 Å². The van der Waals surface area contributed by atoms with Gasteiger partial charge in [-0.05, 0) is 24.4 Å². The van der Waals surface area contributed by atoms with E-state index in [9.17, 15) is 0 Å². The number of aliphatic hydroxyl groups is 2. The van der Waals surface area contributed by atoms with Gasteiger partial charge in [-0.3, -0.25) is 0 Å². The maximum absolute atomic E-state index is 7.56. The van der Waals surface area contributed by atoms with Gasteiger partial charge in [-0.15, -0.1) is 0 Å². The molecule has 0 aromatic rings. The molecule has 0 rings (SSSR count). The van der Waals surface area contributed by atoms with Crippen LogP contribution in [0.4, 0.5) is 0 Å². The third-order valence-corrected chi connectivity index (χ3v) is 0. The van der Waals surface area contributed by atoms with E-state index in [0.29, 0.717) is 0 Å². The van der Waals surface area contributed by atoms with Crippen molar-refractivity contribution in [3.8, 4) is 0 Å². The zero-order chi connectivity index (χ0) is 7.15. The summed E-state index contributed by atoms with van der Waals surface area (Å²) in [5.74, 6) is 0. The summed E-state index contributed by atoms with van der Waals surface area (Å²) in [5, 5.41) is 14.1. The molecule has 0 spiro atoms. The van der Waals surface area contributed by atoms with E-state index in [2.05, 4.69) is 35.9 Å². The molecule has 0 saturated carbocycles. The van der Waals surface area contributed by atoms with Crippen LogP contribution in [-0.4, -0.2) is 71.9 Å². The number of hydrogen-bond acceptors (Lipinski definition) is 2. The minimum absolute atomic E-state index is 0. The Morgan fingerprint density at radius 2 is 0.909 bits per heavy atom. The van der Waals surface area contributed by atoms with Crippen LogP contribution < -0.4 is 11.5 Å². The molecule has 0 fully saturated rings. The van der Waals surface area contributed by atoms with Gasteiger partial charge in [-0.2, -0.15) is 0 Å². The summed E-state index contributed by atoms with van der Waals surface area (Å²) in [6.07, 6.45) is 0. The van der Waals surface area contributed by atoms with Crippen LogP contribution in [0.2, 0.25) is 0 Å². The normalized spacial score (nSPS) is 4.36. The Morgan fingerprint density at radius 1 is 0.909 bits per heavy atom. The van der Waals surface area contributed by atoms with E-state index < -0.39 is 10.3 Å². The first kappa shape index (κ1) is 29.6. The van der Waals surface area contributed by atoms with Crippen LogP contribution >= 0.6 is 24.4 Å². The van der Waals surface area contributed by atoms with Crippen molar-refractivity contribution in [2.24, 2.45) is 11.5 Å². The molecule has 0 aliphatic heterocycles. The van der Waals surface area contributed by atoms with Crippen molar-refractivity contribution in [3.05, 3.63) is 0 Å². The van der Waals surface area contributed by atoms with Crippen molar-refractivity contribution in [1.82, 2.24) is 0 Å². The first-order valence-electron chi connectivity index (χ1n) is 1.43. The van der Waals surface area contributed by atoms with Gasteiger partial charge in [0.15, 0.2) is 0 Å². The standard InChI is InChI=1S/2CH3NOS.2CH4.K.H/c2*2-1(3)4;;;;/h2*(H3,2,3,4);2*1H4;;. The van der Waals surface area contributed by atoms with Crippen LogP contribution in [0.5, 0.6) is 0 Å². The second-order valence-electron chi connectivity index (χ2n) is 0.676. The molecule has 0 amide bonds. The van der Waals surface area contributed by atoms with E-state index >= 15 is 0 Å². The summed E-state index contributed by atoms with van der Waals surface area (Å²) in [6.45, 7) is 0. The number of hydrogen-bond donors (Lipinski definition) is 4. The van der Waals surface area contributed by atoms with Crippen molar-refractivity contribution in [2.75, 3.05) is 0 Å². The van der Waals surface area contributed by atoms with Gasteiger partial charge in [0.1, 0.15) is 0 Å². The predicted molar refractivity (Wildman–Crippen MR) is 59.4 cm³/mol. The molecule has 0 radical (unpaired) electrons. The monoisotopic (exact) mass is 226 g/mol. The molecule has 0 unspecified atom stereocenters. The molecule has 4 nitrogen and oxygen atoms in total. The molecule has 66 valence electrons. The SMILES string of the molecule is C.C.NC(O)=S.NC(O)=S.[KH]. The Morgan fingerprint density at radius 3 is 0.909 bits per heavy atom. The summed E-state index contributed by atoms with van der Waals surface area (Å²) >= 11 is 7.74. The van der Waals surface area contributed by atoms with Gasteiger partial charge in [-0.1, -0.05) is 14.9 Å². The third-order valence-electron chi connectivity index (χ3n) is 0. The summed E-state index contributed by atoms with van der Waals surface area (Å²) in [6, 6.07) is 0. The number of aliphatic hydroxyl groups excluding tert-OH is 2. The van der Waals surface area contributed by atoms with E-state index in [-0.39, 0.29) is 66.2 Å². The number of thiocarbonyl (C=S) groups is 2. The average Bonchev–Trinajstić information content (AvgIpc) is 1.25. The molecule has 0 aliphatic rings. The van der Waals surface area contributed by atoms with Crippen molar-refractivity contribution in [1.29, 1.82) is 0 Å². The zero-order valence-electron chi connectivity index (χ0n) is 3.87. The second kappa shape index (κ2) is 22.5. The number of rotatable bonds is 0. The van der Waals surface area contributed by atoms with E-state index in [1.807, 2.05) is 0 Å². The molecule has 0 aromatic carbocycles. The Bertz CT molecular complexity index is 82.1. The van der Waals surface area contributed by atoms with Gasteiger partial charge in [0.05, 0.1) is 0 Å². The minimum atomic E-state index is -0.500. The molecule has 0 bridgehead atoms. The summed E-state index contributed by atoms with van der Waals surface area (Å²) < 4.78 is 0. The Balaban J connectivity index is -0.0000000171. The van der Waals surface area contributed by atoms with E-state index in [1.165, 1.54) is 0 Å². The van der Waals surface area contributed by atoms with Crippen LogP contribution in [-0.2, 0) is 0 Å². The van der Waals surface area contributed by atoms with Crippen LogP contribution in [0, 0.1) is 0 Å². The molecule has 0 heterocycles. The van der Waals surface area contributed by atoms with Crippen molar-refractivity contribution < 1.29 is 10.2 Å². The molecule has 0 atom stereocenters. The van der Waals surface area contributed by atoms with Crippen LogP contribution in [0.25, 0.3) is 0 Å². The maximum atomic E-state index is 7.56. The second-order valence-corrected chi connectivity index (χ2v) is 1.51. The summed E-state index contributed by atoms with van der Waals surface area (Å²) in [7, 11) is 0. The first-order chi connectivity index (χ1) is 3.46. The molecule has 0 aromatic heterocycles. The van der Waals surface area contributed by atoms with Gasteiger partial charge >= 0.3 is 51.4 Å².